The first-order valence-corrected chi connectivity index (χ1v) is 8.73. The Labute approximate surface area is 143 Å². The zero-order chi connectivity index (χ0) is 17.2. The molecule has 0 radical (unpaired) electrons. The first kappa shape index (κ1) is 18.3. The van der Waals surface area contributed by atoms with Crippen molar-refractivity contribution in [3.8, 4) is 0 Å². The Hall–Kier alpha value is -2.08. The van der Waals surface area contributed by atoms with E-state index in [0.29, 0.717) is 25.3 Å². The second-order valence-corrected chi connectivity index (χ2v) is 5.90. The Morgan fingerprint density at radius 2 is 1.96 bits per heavy atom. The molecule has 0 aliphatic carbocycles. The monoisotopic (exact) mass is 333 g/mol. The highest BCUT2D eigenvalue weighted by molar-refractivity contribution is 5.96. The molecule has 1 aliphatic heterocycles. The van der Waals surface area contributed by atoms with E-state index in [9.17, 15) is 9.59 Å². The second kappa shape index (κ2) is 9.93. The minimum absolute atomic E-state index is 0.162. The zero-order valence-electron chi connectivity index (χ0n) is 14.3. The molecular formula is C18H27N3O3. The molecule has 2 N–H and O–H groups in total. The van der Waals surface area contributed by atoms with Crippen LogP contribution in [0.3, 0.4) is 0 Å². The number of amides is 3. The van der Waals surface area contributed by atoms with Crippen LogP contribution in [0.1, 0.15) is 39.0 Å². The summed E-state index contributed by atoms with van der Waals surface area (Å²) in [6.45, 7) is 4.93. The Kier molecular flexibility index (Phi) is 7.55. The van der Waals surface area contributed by atoms with Crippen molar-refractivity contribution in [3.63, 3.8) is 0 Å². The number of hydrogen-bond acceptors (Lipinski definition) is 3. The molecule has 6 nitrogen and oxygen atoms in total. The Balaban J connectivity index is 1.66. The lowest BCUT2D eigenvalue weighted by atomic mass is 10.2. The lowest BCUT2D eigenvalue weighted by Crippen LogP contribution is -2.30. The molecule has 1 saturated heterocycles. The molecule has 132 valence electrons. The normalized spacial score (nSPS) is 14.0. The Morgan fingerprint density at radius 1 is 1.21 bits per heavy atom. The van der Waals surface area contributed by atoms with E-state index < -0.39 is 0 Å². The van der Waals surface area contributed by atoms with Gasteiger partial charge in [0, 0.05) is 44.1 Å². The fourth-order valence-electron chi connectivity index (χ4n) is 2.55. The molecule has 0 spiro atoms. The smallest absolute Gasteiger partial charge is 0.319 e. The van der Waals surface area contributed by atoms with Crippen LogP contribution in [0.2, 0.25) is 0 Å². The number of hydrogen-bond donors (Lipinski definition) is 2. The van der Waals surface area contributed by atoms with Crippen LogP contribution in [0.5, 0.6) is 0 Å². The minimum atomic E-state index is -0.228. The van der Waals surface area contributed by atoms with Crippen molar-refractivity contribution in [1.29, 1.82) is 0 Å². The first-order chi connectivity index (χ1) is 11.7. The fraction of sp³-hybridized carbons (Fsp3) is 0.556. The van der Waals surface area contributed by atoms with E-state index >= 15 is 0 Å². The van der Waals surface area contributed by atoms with Crippen LogP contribution in [0.25, 0.3) is 0 Å². The van der Waals surface area contributed by atoms with E-state index in [-0.39, 0.29) is 11.9 Å². The molecule has 1 fully saturated rings. The number of carbonyl (C=O) groups is 2. The van der Waals surface area contributed by atoms with Crippen LogP contribution in [-0.2, 0) is 9.53 Å². The van der Waals surface area contributed by atoms with Gasteiger partial charge in [-0.15, -0.1) is 0 Å². The summed E-state index contributed by atoms with van der Waals surface area (Å²) in [7, 11) is 0. The third-order valence-electron chi connectivity index (χ3n) is 3.90. The fourth-order valence-corrected chi connectivity index (χ4v) is 2.55. The summed E-state index contributed by atoms with van der Waals surface area (Å²) in [5.41, 5.74) is 1.59. The van der Waals surface area contributed by atoms with Gasteiger partial charge in [0.1, 0.15) is 0 Å². The van der Waals surface area contributed by atoms with Crippen LogP contribution in [0, 0.1) is 0 Å². The average Bonchev–Trinajstić information content (AvgIpc) is 3.01. The topological polar surface area (TPSA) is 70.7 Å². The second-order valence-electron chi connectivity index (χ2n) is 5.90. The summed E-state index contributed by atoms with van der Waals surface area (Å²) in [6.07, 6.45) is 4.53. The van der Waals surface area contributed by atoms with Gasteiger partial charge in [-0.25, -0.2) is 4.79 Å². The standard InChI is InChI=1S/C18H27N3O3/c1-2-3-13-24-14-5-11-19-18(23)20-15-7-9-16(10-8-15)21-12-4-6-17(21)22/h7-10H,2-6,11-14H2,1H3,(H2,19,20,23). The minimum Gasteiger partial charge on any atom is -0.381 e. The molecule has 0 saturated carbocycles. The van der Waals surface area contributed by atoms with Crippen molar-refractivity contribution in [2.24, 2.45) is 0 Å². The van der Waals surface area contributed by atoms with Crippen molar-refractivity contribution in [2.45, 2.75) is 39.0 Å². The highest BCUT2D eigenvalue weighted by Gasteiger charge is 2.21. The zero-order valence-corrected chi connectivity index (χ0v) is 14.3. The number of rotatable bonds is 9. The number of nitrogens with one attached hydrogen (secondary N) is 2. The maximum atomic E-state index is 11.8. The largest absolute Gasteiger partial charge is 0.381 e. The highest BCUT2D eigenvalue weighted by Crippen LogP contribution is 2.22. The number of urea groups is 1. The number of benzene rings is 1. The molecule has 24 heavy (non-hydrogen) atoms. The van der Waals surface area contributed by atoms with E-state index in [0.717, 1.165) is 44.5 Å². The molecule has 0 atom stereocenters. The third kappa shape index (κ3) is 5.85. The van der Waals surface area contributed by atoms with Gasteiger partial charge in [0.05, 0.1) is 0 Å². The molecule has 1 aliphatic rings. The average molecular weight is 333 g/mol. The van der Waals surface area contributed by atoms with Gasteiger partial charge in [0.2, 0.25) is 5.91 Å². The molecule has 1 aromatic rings. The number of nitrogens with zero attached hydrogens (tertiary/aromatic N) is 1. The van der Waals surface area contributed by atoms with Gasteiger partial charge in [0.15, 0.2) is 0 Å². The molecule has 0 aromatic heterocycles. The van der Waals surface area contributed by atoms with E-state index in [4.69, 9.17) is 4.74 Å². The summed E-state index contributed by atoms with van der Waals surface area (Å²) < 4.78 is 5.44. The van der Waals surface area contributed by atoms with E-state index in [2.05, 4.69) is 17.6 Å². The third-order valence-corrected chi connectivity index (χ3v) is 3.90. The first-order valence-electron chi connectivity index (χ1n) is 8.73. The molecule has 6 heteroatoms. The van der Waals surface area contributed by atoms with Crippen LogP contribution in [-0.4, -0.2) is 38.2 Å². The van der Waals surface area contributed by atoms with Crippen LogP contribution in [0.4, 0.5) is 16.2 Å². The predicted molar refractivity (Wildman–Crippen MR) is 95.4 cm³/mol. The van der Waals surface area contributed by atoms with Gasteiger partial charge < -0.3 is 20.3 Å². The Bertz CT molecular complexity index is 531. The van der Waals surface area contributed by atoms with Gasteiger partial charge in [0.25, 0.3) is 0 Å². The van der Waals surface area contributed by atoms with Crippen molar-refractivity contribution >= 4 is 23.3 Å². The molecule has 0 bridgehead atoms. The van der Waals surface area contributed by atoms with Crippen molar-refractivity contribution in [2.75, 3.05) is 36.5 Å². The maximum Gasteiger partial charge on any atom is 0.319 e. The number of anilines is 2. The number of unbranched alkanes of at least 4 members (excludes halogenated alkanes) is 1. The highest BCUT2D eigenvalue weighted by atomic mass is 16.5. The summed E-state index contributed by atoms with van der Waals surface area (Å²) in [5, 5.41) is 5.59. The molecule has 3 amide bonds. The Morgan fingerprint density at radius 3 is 2.62 bits per heavy atom. The lowest BCUT2D eigenvalue weighted by Gasteiger charge is -2.16. The molecule has 1 heterocycles. The van der Waals surface area contributed by atoms with E-state index in [1.807, 2.05) is 24.3 Å². The predicted octanol–water partition coefficient (Wildman–Crippen LogP) is 3.14. The van der Waals surface area contributed by atoms with E-state index in [1.165, 1.54) is 0 Å². The van der Waals surface area contributed by atoms with Gasteiger partial charge in [-0.05, 0) is 43.5 Å². The van der Waals surface area contributed by atoms with E-state index in [1.54, 1.807) is 4.90 Å². The number of ether oxygens (including phenoxy) is 1. The SMILES string of the molecule is CCCCOCCCNC(=O)Nc1ccc(N2CCCC2=O)cc1. The van der Waals surface area contributed by atoms with Gasteiger partial charge in [-0.3, -0.25) is 4.79 Å². The lowest BCUT2D eigenvalue weighted by molar-refractivity contribution is -0.117. The van der Waals surface area contributed by atoms with Crippen molar-refractivity contribution < 1.29 is 14.3 Å². The molecule has 2 rings (SSSR count). The maximum absolute atomic E-state index is 11.8. The number of carbonyl (C=O) groups excluding carboxylic acids is 2. The summed E-state index contributed by atoms with van der Waals surface area (Å²) in [6, 6.07) is 7.12. The van der Waals surface area contributed by atoms with Crippen LogP contribution >= 0.6 is 0 Å². The van der Waals surface area contributed by atoms with Gasteiger partial charge in [-0.1, -0.05) is 13.3 Å². The van der Waals surface area contributed by atoms with Crippen LogP contribution < -0.4 is 15.5 Å². The van der Waals surface area contributed by atoms with Crippen LogP contribution in [0.15, 0.2) is 24.3 Å². The molecule has 1 aromatic carbocycles. The molecule has 0 unspecified atom stereocenters. The summed E-state index contributed by atoms with van der Waals surface area (Å²) in [4.78, 5) is 25.3. The van der Waals surface area contributed by atoms with Gasteiger partial charge in [-0.2, -0.15) is 0 Å². The van der Waals surface area contributed by atoms with Gasteiger partial charge >= 0.3 is 6.03 Å². The summed E-state index contributed by atoms with van der Waals surface area (Å²) in [5.74, 6) is 0.162. The quantitative estimate of drug-likeness (QED) is 0.682. The van der Waals surface area contributed by atoms with Crippen molar-refractivity contribution in [1.82, 2.24) is 5.32 Å². The molecular weight excluding hydrogens is 306 g/mol. The van der Waals surface area contributed by atoms with Crippen molar-refractivity contribution in [3.05, 3.63) is 24.3 Å². The summed E-state index contributed by atoms with van der Waals surface area (Å²) >= 11 is 0.